The van der Waals surface area contributed by atoms with Crippen LogP contribution in [0, 0.1) is 0 Å². The monoisotopic (exact) mass is 607 g/mol. The van der Waals surface area contributed by atoms with Crippen LogP contribution in [0.3, 0.4) is 0 Å². The number of fused-ring (bicyclic) bond motifs is 1. The number of amides is 1. The number of carboxylic acids is 1. The van der Waals surface area contributed by atoms with Gasteiger partial charge in [-0.2, -0.15) is 26.3 Å². The quantitative estimate of drug-likeness (QED) is 0.187. The number of carboxylic acid groups (broad SMARTS) is 1. The molecule has 1 unspecified atom stereocenters. The fraction of sp³-hybridized carbons (Fsp3) is 0.226. The standard InChI is InChI=1S/C31H24ClF6NO3/c32-27-17-23(9-10-26(27)31(36,37)38)21-5-6-22-16-24(8-7-20(22)15-21)25(11-13-30(33,34)35)18-1-3-19(4-2-18)29(42)39-14-12-28(40)41/h1-10,15-17,25H,11-14H2,(H,39,42)(H,40,41). The van der Waals surface area contributed by atoms with E-state index in [-0.39, 0.29) is 24.9 Å². The van der Waals surface area contributed by atoms with Gasteiger partial charge in [0.25, 0.3) is 5.91 Å². The van der Waals surface area contributed by atoms with E-state index >= 15 is 0 Å². The lowest BCUT2D eigenvalue weighted by atomic mass is 9.85. The first-order valence-corrected chi connectivity index (χ1v) is 13.2. The number of alkyl halides is 6. The van der Waals surface area contributed by atoms with Crippen molar-refractivity contribution in [2.75, 3.05) is 6.54 Å². The van der Waals surface area contributed by atoms with E-state index in [1.54, 1.807) is 48.5 Å². The van der Waals surface area contributed by atoms with Crippen molar-refractivity contribution in [1.82, 2.24) is 5.32 Å². The highest BCUT2D eigenvalue weighted by atomic mass is 35.5. The van der Waals surface area contributed by atoms with Crippen LogP contribution in [0.4, 0.5) is 26.3 Å². The highest BCUT2D eigenvalue weighted by Crippen LogP contribution is 2.38. The molecule has 0 radical (unpaired) electrons. The van der Waals surface area contributed by atoms with Crippen LogP contribution < -0.4 is 5.32 Å². The summed E-state index contributed by atoms with van der Waals surface area (Å²) in [5.74, 6) is -2.20. The van der Waals surface area contributed by atoms with Crippen LogP contribution >= 0.6 is 11.6 Å². The molecular formula is C31H24ClF6NO3. The minimum Gasteiger partial charge on any atom is -0.481 e. The lowest BCUT2D eigenvalue weighted by Crippen LogP contribution is -2.25. The van der Waals surface area contributed by atoms with Gasteiger partial charge in [0.15, 0.2) is 0 Å². The Labute approximate surface area is 241 Å². The second-order valence-corrected chi connectivity index (χ2v) is 10.1. The normalized spacial score (nSPS) is 12.7. The van der Waals surface area contributed by atoms with Crippen molar-refractivity contribution >= 4 is 34.2 Å². The van der Waals surface area contributed by atoms with Crippen molar-refractivity contribution in [3.63, 3.8) is 0 Å². The molecule has 0 spiro atoms. The van der Waals surface area contributed by atoms with Gasteiger partial charge in [-0.3, -0.25) is 9.59 Å². The first-order valence-electron chi connectivity index (χ1n) is 12.8. The van der Waals surface area contributed by atoms with Gasteiger partial charge in [0.1, 0.15) is 0 Å². The molecule has 0 saturated carbocycles. The molecule has 2 N–H and O–H groups in total. The molecule has 1 amide bonds. The number of halogens is 7. The molecule has 0 aliphatic carbocycles. The maximum atomic E-state index is 13.2. The number of carbonyl (C=O) groups excluding carboxylic acids is 1. The fourth-order valence-electron chi connectivity index (χ4n) is 4.67. The molecule has 0 aliphatic heterocycles. The summed E-state index contributed by atoms with van der Waals surface area (Å²) in [5.41, 5.74) is 1.60. The summed E-state index contributed by atoms with van der Waals surface area (Å²) < 4.78 is 78.8. The Hall–Kier alpha value is -4.05. The van der Waals surface area contributed by atoms with Crippen molar-refractivity contribution in [2.45, 2.75) is 37.5 Å². The molecule has 0 heterocycles. The van der Waals surface area contributed by atoms with E-state index in [9.17, 15) is 35.9 Å². The third kappa shape index (κ3) is 7.82. The summed E-state index contributed by atoms with van der Waals surface area (Å²) in [7, 11) is 0. The van der Waals surface area contributed by atoms with Crippen LogP contribution in [-0.2, 0) is 11.0 Å². The van der Waals surface area contributed by atoms with Gasteiger partial charge in [0.2, 0.25) is 0 Å². The van der Waals surface area contributed by atoms with Gasteiger partial charge in [-0.15, -0.1) is 0 Å². The smallest absolute Gasteiger partial charge is 0.417 e. The number of hydrogen-bond donors (Lipinski definition) is 2. The van der Waals surface area contributed by atoms with E-state index in [1.165, 1.54) is 24.3 Å². The predicted molar refractivity (Wildman–Crippen MR) is 148 cm³/mol. The number of carbonyl (C=O) groups is 2. The fourth-order valence-corrected chi connectivity index (χ4v) is 4.96. The molecule has 0 saturated heterocycles. The Morgan fingerprint density at radius 2 is 1.38 bits per heavy atom. The molecule has 4 rings (SSSR count). The van der Waals surface area contributed by atoms with Crippen molar-refractivity contribution in [2.24, 2.45) is 0 Å². The molecule has 220 valence electrons. The van der Waals surface area contributed by atoms with E-state index in [4.69, 9.17) is 16.7 Å². The highest BCUT2D eigenvalue weighted by molar-refractivity contribution is 6.31. The molecular weight excluding hydrogens is 584 g/mol. The van der Waals surface area contributed by atoms with Crippen molar-refractivity contribution < 1.29 is 41.0 Å². The van der Waals surface area contributed by atoms with Gasteiger partial charge in [-0.05, 0) is 69.8 Å². The molecule has 11 heteroatoms. The summed E-state index contributed by atoms with van der Waals surface area (Å²) in [4.78, 5) is 22.9. The van der Waals surface area contributed by atoms with Gasteiger partial charge in [0, 0.05) is 24.4 Å². The van der Waals surface area contributed by atoms with Crippen LogP contribution in [-0.4, -0.2) is 29.7 Å². The Morgan fingerprint density at radius 3 is 2.00 bits per heavy atom. The van der Waals surface area contributed by atoms with Crippen molar-refractivity contribution in [3.05, 3.63) is 106 Å². The highest BCUT2D eigenvalue weighted by Gasteiger charge is 2.33. The summed E-state index contributed by atoms with van der Waals surface area (Å²) in [6.07, 6.45) is -10.5. The molecule has 0 fully saturated rings. The van der Waals surface area contributed by atoms with Gasteiger partial charge >= 0.3 is 18.3 Å². The molecule has 1 atom stereocenters. The van der Waals surface area contributed by atoms with Gasteiger partial charge in [-0.25, -0.2) is 0 Å². The predicted octanol–water partition coefficient (Wildman–Crippen LogP) is 8.86. The minimum absolute atomic E-state index is 0.0607. The first-order chi connectivity index (χ1) is 19.7. The number of nitrogens with one attached hydrogen (secondary N) is 1. The summed E-state index contributed by atoms with van der Waals surface area (Å²) >= 11 is 5.87. The third-order valence-electron chi connectivity index (χ3n) is 6.79. The second-order valence-electron chi connectivity index (χ2n) is 9.74. The first kappa shape index (κ1) is 30.9. The number of rotatable bonds is 9. The topological polar surface area (TPSA) is 66.4 Å². The van der Waals surface area contributed by atoms with Gasteiger partial charge < -0.3 is 10.4 Å². The average Bonchev–Trinajstić information content (AvgIpc) is 2.91. The zero-order valence-corrected chi connectivity index (χ0v) is 22.6. The van der Waals surface area contributed by atoms with E-state index in [2.05, 4.69) is 5.32 Å². The lowest BCUT2D eigenvalue weighted by Gasteiger charge is -2.20. The second kappa shape index (κ2) is 12.4. The van der Waals surface area contributed by atoms with Crippen LogP contribution in [0.25, 0.3) is 21.9 Å². The average molecular weight is 608 g/mol. The molecule has 0 aliphatic rings. The van der Waals surface area contributed by atoms with E-state index < -0.39 is 47.2 Å². The van der Waals surface area contributed by atoms with Crippen LogP contribution in [0.2, 0.25) is 5.02 Å². The van der Waals surface area contributed by atoms with E-state index in [1.807, 2.05) is 0 Å². The lowest BCUT2D eigenvalue weighted by molar-refractivity contribution is -0.138. The molecule has 42 heavy (non-hydrogen) atoms. The van der Waals surface area contributed by atoms with E-state index in [0.717, 1.165) is 16.8 Å². The van der Waals surface area contributed by atoms with Gasteiger partial charge in [-0.1, -0.05) is 60.1 Å². The van der Waals surface area contributed by atoms with Gasteiger partial charge in [0.05, 0.1) is 17.0 Å². The minimum atomic E-state index is -4.58. The zero-order chi connectivity index (χ0) is 30.7. The molecule has 4 nitrogen and oxygen atoms in total. The third-order valence-corrected chi connectivity index (χ3v) is 7.10. The largest absolute Gasteiger partial charge is 0.481 e. The summed E-state index contributed by atoms with van der Waals surface area (Å²) in [5, 5.41) is 12.2. The molecule has 0 bridgehead atoms. The van der Waals surface area contributed by atoms with Crippen molar-refractivity contribution in [1.29, 1.82) is 0 Å². The molecule has 4 aromatic carbocycles. The Kier molecular flexibility index (Phi) is 9.15. The van der Waals surface area contributed by atoms with Crippen molar-refractivity contribution in [3.8, 4) is 11.1 Å². The Bertz CT molecular complexity index is 1600. The number of benzene rings is 4. The molecule has 4 aromatic rings. The maximum absolute atomic E-state index is 13.2. The number of aliphatic carboxylic acids is 1. The van der Waals surface area contributed by atoms with Crippen LogP contribution in [0.15, 0.2) is 78.9 Å². The van der Waals surface area contributed by atoms with E-state index in [0.29, 0.717) is 22.3 Å². The molecule has 0 aromatic heterocycles. The summed E-state index contributed by atoms with van der Waals surface area (Å²) in [6.45, 7) is -0.0607. The zero-order valence-electron chi connectivity index (χ0n) is 21.8. The Balaban J connectivity index is 1.62. The maximum Gasteiger partial charge on any atom is 0.417 e. The van der Waals surface area contributed by atoms with Crippen LogP contribution in [0.5, 0.6) is 0 Å². The number of hydrogen-bond acceptors (Lipinski definition) is 2. The summed E-state index contributed by atoms with van der Waals surface area (Å²) in [6, 6.07) is 20.0. The Morgan fingerprint density at radius 1 is 0.786 bits per heavy atom. The van der Waals surface area contributed by atoms with Crippen LogP contribution in [0.1, 0.15) is 52.2 Å². The SMILES string of the molecule is O=C(O)CCNC(=O)c1ccc(C(CCC(F)(F)F)c2ccc3cc(-c4ccc(C(F)(F)F)c(Cl)c4)ccc3c2)cc1.